The van der Waals surface area contributed by atoms with Crippen LogP contribution in [0, 0.1) is 11.7 Å². The first-order valence-electron chi connectivity index (χ1n) is 6.76. The Morgan fingerprint density at radius 3 is 2.60 bits per heavy atom. The minimum absolute atomic E-state index is 0.162. The minimum atomic E-state index is -3.79. The van der Waals surface area contributed by atoms with E-state index in [0.29, 0.717) is 18.0 Å². The number of hydrogen-bond donors (Lipinski definition) is 0. The molecule has 0 bridgehead atoms. The van der Waals surface area contributed by atoms with Gasteiger partial charge in [0.2, 0.25) is 10.0 Å². The van der Waals surface area contributed by atoms with Crippen LogP contribution in [0.25, 0.3) is 0 Å². The van der Waals surface area contributed by atoms with Crippen LogP contribution in [0.15, 0.2) is 23.1 Å². The van der Waals surface area contributed by atoms with Crippen molar-refractivity contribution in [3.63, 3.8) is 0 Å². The quantitative estimate of drug-likeness (QED) is 0.780. The van der Waals surface area contributed by atoms with Crippen LogP contribution in [0.1, 0.15) is 31.2 Å². The minimum Gasteiger partial charge on any atom is -0.207 e. The monoisotopic (exact) mass is 319 g/mol. The van der Waals surface area contributed by atoms with Crippen LogP contribution in [-0.2, 0) is 15.9 Å². The van der Waals surface area contributed by atoms with E-state index in [9.17, 15) is 12.8 Å². The predicted molar refractivity (Wildman–Crippen MR) is 77.7 cm³/mol. The molecule has 0 aliphatic heterocycles. The summed E-state index contributed by atoms with van der Waals surface area (Å²) >= 11 is 5.69. The molecule has 3 nitrogen and oxygen atoms in total. The van der Waals surface area contributed by atoms with Crippen molar-refractivity contribution in [2.45, 2.75) is 36.5 Å². The first-order chi connectivity index (χ1) is 9.45. The normalized spacial score (nSPS) is 17.0. The molecule has 0 radical (unpaired) electrons. The standard InChI is InChI=1S/C14H19ClFNO2S/c1-17(10-11-4-2-3-5-11)20(18,19)14-8-12(9-15)6-7-13(14)16/h6-8,11H,2-5,9-10H2,1H3. The Hall–Kier alpha value is -0.650. The van der Waals surface area contributed by atoms with Crippen molar-refractivity contribution in [3.05, 3.63) is 29.6 Å². The maximum Gasteiger partial charge on any atom is 0.245 e. The van der Waals surface area contributed by atoms with Crippen molar-refractivity contribution >= 4 is 21.6 Å². The summed E-state index contributed by atoms with van der Waals surface area (Å²) in [5.74, 6) is -0.180. The third-order valence-electron chi connectivity index (χ3n) is 3.83. The van der Waals surface area contributed by atoms with Gasteiger partial charge in [-0.1, -0.05) is 18.9 Å². The van der Waals surface area contributed by atoms with E-state index in [1.165, 1.54) is 23.5 Å². The topological polar surface area (TPSA) is 37.4 Å². The van der Waals surface area contributed by atoms with Gasteiger partial charge in [-0.15, -0.1) is 11.6 Å². The third-order valence-corrected chi connectivity index (χ3v) is 5.98. The molecular weight excluding hydrogens is 301 g/mol. The number of nitrogens with zero attached hydrogens (tertiary/aromatic N) is 1. The molecule has 0 spiro atoms. The molecule has 1 aromatic carbocycles. The van der Waals surface area contributed by atoms with E-state index in [1.807, 2.05) is 0 Å². The summed E-state index contributed by atoms with van der Waals surface area (Å²) in [5.41, 5.74) is 0.598. The molecule has 1 saturated carbocycles. The van der Waals surface area contributed by atoms with Crippen LogP contribution in [0.3, 0.4) is 0 Å². The third kappa shape index (κ3) is 3.32. The molecule has 0 heterocycles. The lowest BCUT2D eigenvalue weighted by atomic mass is 10.1. The van der Waals surface area contributed by atoms with Gasteiger partial charge in [0.05, 0.1) is 0 Å². The highest BCUT2D eigenvalue weighted by molar-refractivity contribution is 7.89. The number of halogens is 2. The lowest BCUT2D eigenvalue weighted by molar-refractivity contribution is 0.385. The fourth-order valence-electron chi connectivity index (χ4n) is 2.65. The Kier molecular flexibility index (Phi) is 5.04. The molecule has 0 amide bonds. The van der Waals surface area contributed by atoms with Gasteiger partial charge in [0.15, 0.2) is 0 Å². The van der Waals surface area contributed by atoms with Crippen molar-refractivity contribution < 1.29 is 12.8 Å². The van der Waals surface area contributed by atoms with E-state index < -0.39 is 15.8 Å². The van der Waals surface area contributed by atoms with E-state index in [1.54, 1.807) is 0 Å². The maximum absolute atomic E-state index is 13.8. The van der Waals surface area contributed by atoms with Gasteiger partial charge in [-0.05, 0) is 36.5 Å². The zero-order valence-electron chi connectivity index (χ0n) is 11.5. The first kappa shape index (κ1) is 15.7. The lowest BCUT2D eigenvalue weighted by Crippen LogP contribution is -2.31. The summed E-state index contributed by atoms with van der Waals surface area (Å²) in [5, 5.41) is 0. The van der Waals surface area contributed by atoms with Crippen molar-refractivity contribution in [2.75, 3.05) is 13.6 Å². The highest BCUT2D eigenvalue weighted by atomic mass is 35.5. The van der Waals surface area contributed by atoms with E-state index >= 15 is 0 Å². The molecule has 1 aromatic rings. The Labute approximate surface area is 124 Å². The second-order valence-corrected chi connectivity index (χ2v) is 7.61. The Morgan fingerprint density at radius 2 is 2.00 bits per heavy atom. The van der Waals surface area contributed by atoms with Gasteiger partial charge in [-0.3, -0.25) is 0 Å². The van der Waals surface area contributed by atoms with E-state index in [4.69, 9.17) is 11.6 Å². The summed E-state index contributed by atoms with van der Waals surface area (Å²) in [6.07, 6.45) is 4.39. The zero-order valence-corrected chi connectivity index (χ0v) is 13.1. The number of rotatable bonds is 5. The first-order valence-corrected chi connectivity index (χ1v) is 8.73. The van der Waals surface area contributed by atoms with Gasteiger partial charge in [0.25, 0.3) is 0 Å². The Morgan fingerprint density at radius 1 is 1.35 bits per heavy atom. The van der Waals surface area contributed by atoms with Crippen LogP contribution < -0.4 is 0 Å². The van der Waals surface area contributed by atoms with Gasteiger partial charge in [0, 0.05) is 19.5 Å². The zero-order chi connectivity index (χ0) is 14.8. The molecule has 1 aliphatic carbocycles. The Balaban J connectivity index is 2.24. The van der Waals surface area contributed by atoms with Gasteiger partial charge in [-0.25, -0.2) is 17.1 Å². The second kappa shape index (κ2) is 6.41. The summed E-state index contributed by atoms with van der Waals surface area (Å²) in [6.45, 7) is 0.451. The average molecular weight is 320 g/mol. The van der Waals surface area contributed by atoms with Crippen molar-refractivity contribution in [3.8, 4) is 0 Å². The summed E-state index contributed by atoms with van der Waals surface area (Å²) < 4.78 is 40.0. The van der Waals surface area contributed by atoms with E-state index in [0.717, 1.165) is 31.7 Å². The summed E-state index contributed by atoms with van der Waals surface area (Å²) in [6, 6.07) is 3.98. The van der Waals surface area contributed by atoms with Crippen LogP contribution in [-0.4, -0.2) is 26.3 Å². The molecule has 112 valence electrons. The smallest absolute Gasteiger partial charge is 0.207 e. The van der Waals surface area contributed by atoms with Crippen molar-refractivity contribution in [2.24, 2.45) is 5.92 Å². The molecule has 20 heavy (non-hydrogen) atoms. The van der Waals surface area contributed by atoms with E-state index in [2.05, 4.69) is 0 Å². The number of alkyl halides is 1. The van der Waals surface area contributed by atoms with Crippen molar-refractivity contribution in [1.82, 2.24) is 4.31 Å². The molecule has 0 unspecified atom stereocenters. The van der Waals surface area contributed by atoms with Gasteiger partial charge in [-0.2, -0.15) is 0 Å². The lowest BCUT2D eigenvalue weighted by Gasteiger charge is -2.21. The van der Waals surface area contributed by atoms with Gasteiger partial charge in [0.1, 0.15) is 10.7 Å². The average Bonchev–Trinajstić information content (AvgIpc) is 2.92. The van der Waals surface area contributed by atoms with Crippen LogP contribution in [0.2, 0.25) is 0 Å². The molecule has 2 rings (SSSR count). The Bertz CT molecular complexity index is 571. The fourth-order valence-corrected chi connectivity index (χ4v) is 4.17. The van der Waals surface area contributed by atoms with Crippen molar-refractivity contribution in [1.29, 1.82) is 0 Å². The molecule has 0 saturated heterocycles. The molecule has 1 fully saturated rings. The molecule has 0 atom stereocenters. The van der Waals surface area contributed by atoms with Gasteiger partial charge >= 0.3 is 0 Å². The SMILES string of the molecule is CN(CC1CCCC1)S(=O)(=O)c1cc(CCl)ccc1F. The highest BCUT2D eigenvalue weighted by Crippen LogP contribution is 2.28. The summed E-state index contributed by atoms with van der Waals surface area (Å²) in [4.78, 5) is -0.281. The summed E-state index contributed by atoms with van der Waals surface area (Å²) in [7, 11) is -2.28. The van der Waals surface area contributed by atoms with Gasteiger partial charge < -0.3 is 0 Å². The van der Waals surface area contributed by atoms with Crippen LogP contribution >= 0.6 is 11.6 Å². The number of sulfonamides is 1. The molecule has 0 aromatic heterocycles. The number of benzene rings is 1. The molecule has 0 N–H and O–H groups in total. The number of hydrogen-bond acceptors (Lipinski definition) is 2. The molecular formula is C14H19ClFNO2S. The maximum atomic E-state index is 13.8. The van der Waals surface area contributed by atoms with E-state index in [-0.39, 0.29) is 10.8 Å². The highest BCUT2D eigenvalue weighted by Gasteiger charge is 2.28. The van der Waals surface area contributed by atoms with Crippen LogP contribution in [0.5, 0.6) is 0 Å². The van der Waals surface area contributed by atoms with Crippen LogP contribution in [0.4, 0.5) is 4.39 Å². The largest absolute Gasteiger partial charge is 0.245 e. The second-order valence-electron chi connectivity index (χ2n) is 5.33. The molecule has 6 heteroatoms. The molecule has 1 aliphatic rings. The fraction of sp³-hybridized carbons (Fsp3) is 0.571. The predicted octanol–water partition coefficient (Wildman–Crippen LogP) is 3.38.